The molecule has 0 aliphatic rings. The first-order valence-electron chi connectivity index (χ1n) is 5.20. The van der Waals surface area contributed by atoms with Crippen LogP contribution < -0.4 is 0 Å². The van der Waals surface area contributed by atoms with Crippen molar-refractivity contribution in [2.24, 2.45) is 0 Å². The Kier molecular flexibility index (Phi) is 3.20. The third-order valence-electron chi connectivity index (χ3n) is 2.50. The van der Waals surface area contributed by atoms with Gasteiger partial charge < -0.3 is 10.1 Å². The van der Waals surface area contributed by atoms with E-state index in [2.05, 4.69) is 29.2 Å². The topological polar surface area (TPSA) is 36.0 Å². The minimum absolute atomic E-state index is 0.0886. The monoisotopic (exact) mass is 201 g/mol. The third-order valence-corrected chi connectivity index (χ3v) is 2.50. The summed E-state index contributed by atoms with van der Waals surface area (Å²) in [7, 11) is 0. The molecule has 0 fully saturated rings. The molecule has 1 aromatic heterocycles. The fraction of sp³-hybridized carbons (Fsp3) is 0.231. The molecule has 0 amide bonds. The second kappa shape index (κ2) is 4.80. The maximum atomic E-state index is 8.90. The predicted molar refractivity (Wildman–Crippen MR) is 60.6 cm³/mol. The van der Waals surface area contributed by atoms with Crippen molar-refractivity contribution in [1.82, 2.24) is 4.98 Å². The van der Waals surface area contributed by atoms with E-state index >= 15 is 0 Å². The van der Waals surface area contributed by atoms with E-state index < -0.39 is 0 Å². The van der Waals surface area contributed by atoms with Crippen molar-refractivity contribution >= 4 is 0 Å². The van der Waals surface area contributed by atoms with Crippen LogP contribution in [0.25, 0.3) is 0 Å². The number of hydrogen-bond acceptors (Lipinski definition) is 1. The molecule has 0 bridgehead atoms. The second-order valence-corrected chi connectivity index (χ2v) is 3.65. The van der Waals surface area contributed by atoms with Crippen molar-refractivity contribution < 1.29 is 5.11 Å². The highest BCUT2D eigenvalue weighted by Crippen LogP contribution is 2.07. The van der Waals surface area contributed by atoms with Gasteiger partial charge in [0, 0.05) is 11.4 Å². The Morgan fingerprint density at radius 1 is 0.867 bits per heavy atom. The molecule has 78 valence electrons. The molecule has 2 nitrogen and oxygen atoms in total. The molecule has 0 unspecified atom stereocenters. The number of aromatic amines is 1. The zero-order valence-electron chi connectivity index (χ0n) is 8.61. The first-order valence-corrected chi connectivity index (χ1v) is 5.20. The summed E-state index contributed by atoms with van der Waals surface area (Å²) in [5, 5.41) is 8.90. The van der Waals surface area contributed by atoms with Crippen molar-refractivity contribution in [3.8, 4) is 0 Å². The Balaban J connectivity index is 1.93. The zero-order valence-corrected chi connectivity index (χ0v) is 8.61. The first kappa shape index (κ1) is 9.99. The lowest BCUT2D eigenvalue weighted by Gasteiger charge is -1.99. The van der Waals surface area contributed by atoms with Crippen molar-refractivity contribution in [3.05, 3.63) is 59.4 Å². The number of aryl methyl sites for hydroxylation is 2. The molecule has 0 saturated heterocycles. The van der Waals surface area contributed by atoms with Crippen LogP contribution in [0.1, 0.15) is 17.0 Å². The number of benzene rings is 1. The van der Waals surface area contributed by atoms with Crippen LogP contribution in [0.2, 0.25) is 0 Å². The molecule has 0 atom stereocenters. The van der Waals surface area contributed by atoms with Gasteiger partial charge in [0.05, 0.1) is 6.61 Å². The number of H-pyrrole nitrogens is 1. The normalized spacial score (nSPS) is 10.5. The van der Waals surface area contributed by atoms with Crippen LogP contribution in [-0.4, -0.2) is 10.1 Å². The van der Waals surface area contributed by atoms with E-state index in [1.165, 1.54) is 11.3 Å². The van der Waals surface area contributed by atoms with Crippen LogP contribution in [0.15, 0.2) is 42.5 Å². The van der Waals surface area contributed by atoms with Crippen molar-refractivity contribution in [2.75, 3.05) is 0 Å². The van der Waals surface area contributed by atoms with E-state index in [1.807, 2.05) is 18.2 Å². The van der Waals surface area contributed by atoms with Crippen LogP contribution in [0.5, 0.6) is 0 Å². The quantitative estimate of drug-likeness (QED) is 0.782. The highest BCUT2D eigenvalue weighted by molar-refractivity contribution is 5.18. The molecule has 2 heteroatoms. The molecule has 15 heavy (non-hydrogen) atoms. The first-order chi connectivity index (χ1) is 7.38. The minimum atomic E-state index is 0.0886. The van der Waals surface area contributed by atoms with Crippen molar-refractivity contribution in [1.29, 1.82) is 0 Å². The van der Waals surface area contributed by atoms with Crippen molar-refractivity contribution in [2.45, 2.75) is 19.4 Å². The number of rotatable bonds is 4. The Bertz CT molecular complexity index is 405. The van der Waals surface area contributed by atoms with E-state index in [0.29, 0.717) is 0 Å². The molecule has 0 saturated carbocycles. The average molecular weight is 201 g/mol. The van der Waals surface area contributed by atoms with Gasteiger partial charge in [0.25, 0.3) is 0 Å². The van der Waals surface area contributed by atoms with Gasteiger partial charge in [-0.2, -0.15) is 0 Å². The molecule has 0 aliphatic heterocycles. The van der Waals surface area contributed by atoms with Crippen molar-refractivity contribution in [3.63, 3.8) is 0 Å². The summed E-state index contributed by atoms with van der Waals surface area (Å²) in [5.74, 6) is 0. The standard InChI is InChI=1S/C13H15NO/c15-10-13-9-8-12(14-13)7-6-11-4-2-1-3-5-11/h1-5,8-9,14-15H,6-7,10H2. The molecule has 0 radical (unpaired) electrons. The molecule has 0 spiro atoms. The molecule has 2 N–H and O–H groups in total. The maximum absolute atomic E-state index is 8.90. The number of aliphatic hydroxyl groups is 1. The summed E-state index contributed by atoms with van der Waals surface area (Å²) < 4.78 is 0. The molecular weight excluding hydrogens is 186 g/mol. The van der Waals surface area contributed by atoms with Gasteiger partial charge >= 0.3 is 0 Å². The Hall–Kier alpha value is -1.54. The van der Waals surface area contributed by atoms with Gasteiger partial charge in [-0.25, -0.2) is 0 Å². The van der Waals surface area contributed by atoms with Crippen LogP contribution in [0.3, 0.4) is 0 Å². The Morgan fingerprint density at radius 3 is 2.27 bits per heavy atom. The third kappa shape index (κ3) is 2.70. The molecule has 1 heterocycles. The van der Waals surface area contributed by atoms with Gasteiger partial charge in [-0.3, -0.25) is 0 Å². The van der Waals surface area contributed by atoms with E-state index in [1.54, 1.807) is 0 Å². The fourth-order valence-electron chi connectivity index (χ4n) is 1.65. The van der Waals surface area contributed by atoms with Gasteiger partial charge in [0.15, 0.2) is 0 Å². The van der Waals surface area contributed by atoms with Crippen LogP contribution in [0, 0.1) is 0 Å². The second-order valence-electron chi connectivity index (χ2n) is 3.65. The average Bonchev–Trinajstić information content (AvgIpc) is 2.76. The molecular formula is C13H15NO. The number of nitrogens with one attached hydrogen (secondary N) is 1. The molecule has 1 aromatic carbocycles. The summed E-state index contributed by atoms with van der Waals surface area (Å²) in [5.41, 5.74) is 3.42. The van der Waals surface area contributed by atoms with Gasteiger partial charge in [0.2, 0.25) is 0 Å². The maximum Gasteiger partial charge on any atom is 0.0830 e. The lowest BCUT2D eigenvalue weighted by atomic mass is 10.1. The van der Waals surface area contributed by atoms with Gasteiger partial charge in [-0.15, -0.1) is 0 Å². The van der Waals surface area contributed by atoms with E-state index in [9.17, 15) is 0 Å². The highest BCUT2D eigenvalue weighted by atomic mass is 16.3. The van der Waals surface area contributed by atoms with Gasteiger partial charge in [0.1, 0.15) is 0 Å². The Labute approximate surface area is 89.6 Å². The lowest BCUT2D eigenvalue weighted by molar-refractivity contribution is 0.277. The number of aromatic nitrogens is 1. The molecule has 0 aliphatic carbocycles. The number of hydrogen-bond donors (Lipinski definition) is 2. The summed E-state index contributed by atoms with van der Waals surface area (Å²) in [6, 6.07) is 14.4. The smallest absolute Gasteiger partial charge is 0.0830 e. The van der Waals surface area contributed by atoms with Gasteiger partial charge in [-0.05, 0) is 30.5 Å². The molecule has 2 rings (SSSR count). The predicted octanol–water partition coefficient (Wildman–Crippen LogP) is 2.29. The summed E-state index contributed by atoms with van der Waals surface area (Å²) in [6.07, 6.45) is 2.02. The van der Waals surface area contributed by atoms with Crippen LogP contribution >= 0.6 is 0 Å². The van der Waals surface area contributed by atoms with Gasteiger partial charge in [-0.1, -0.05) is 30.3 Å². The highest BCUT2D eigenvalue weighted by Gasteiger charge is 1.98. The molecule has 2 aromatic rings. The fourth-order valence-corrected chi connectivity index (χ4v) is 1.65. The van der Waals surface area contributed by atoms with Crippen LogP contribution in [-0.2, 0) is 19.4 Å². The largest absolute Gasteiger partial charge is 0.390 e. The summed E-state index contributed by atoms with van der Waals surface area (Å²) in [6.45, 7) is 0.0886. The van der Waals surface area contributed by atoms with E-state index in [4.69, 9.17) is 5.11 Å². The lowest BCUT2D eigenvalue weighted by Crippen LogP contribution is -1.92. The van der Waals surface area contributed by atoms with E-state index in [0.717, 1.165) is 18.5 Å². The SMILES string of the molecule is OCc1ccc(CCc2ccccc2)[nH]1. The minimum Gasteiger partial charge on any atom is -0.390 e. The van der Waals surface area contributed by atoms with Crippen LogP contribution in [0.4, 0.5) is 0 Å². The zero-order chi connectivity index (χ0) is 10.5. The number of aliphatic hydroxyl groups excluding tert-OH is 1. The summed E-state index contributed by atoms with van der Waals surface area (Å²) in [4.78, 5) is 3.18. The van der Waals surface area contributed by atoms with E-state index in [-0.39, 0.29) is 6.61 Å². The summed E-state index contributed by atoms with van der Waals surface area (Å²) >= 11 is 0. The Morgan fingerprint density at radius 2 is 1.60 bits per heavy atom.